The summed E-state index contributed by atoms with van der Waals surface area (Å²) in [6.45, 7) is 0.609. The van der Waals surface area contributed by atoms with Crippen molar-refractivity contribution < 1.29 is 27.8 Å². The molecule has 0 radical (unpaired) electrons. The van der Waals surface area contributed by atoms with Crippen LogP contribution in [0.3, 0.4) is 0 Å². The van der Waals surface area contributed by atoms with Gasteiger partial charge in [0.25, 0.3) is 5.91 Å². The Morgan fingerprint density at radius 1 is 0.896 bits per heavy atom. The molecule has 1 amide bonds. The number of aliphatic hydroxyl groups excluding tert-OH is 1. The van der Waals surface area contributed by atoms with Gasteiger partial charge < -0.3 is 19.9 Å². The van der Waals surface area contributed by atoms with E-state index in [0.717, 1.165) is 16.3 Å². The Balaban J connectivity index is 1.41. The van der Waals surface area contributed by atoms with Crippen molar-refractivity contribution in [2.45, 2.75) is 35.9 Å². The molecule has 0 bridgehead atoms. The molecule has 0 aliphatic carbocycles. The second kappa shape index (κ2) is 14.7. The first-order valence-corrected chi connectivity index (χ1v) is 18.1. The van der Waals surface area contributed by atoms with E-state index in [4.69, 9.17) is 19.6 Å². The Labute approximate surface area is 288 Å². The van der Waals surface area contributed by atoms with Crippen LogP contribution in [0.4, 0.5) is 0 Å². The average Bonchev–Trinajstić information content (AvgIpc) is 3.51. The Morgan fingerprint density at radius 3 is 2.38 bits per heavy atom. The number of nitrogens with zero attached hydrogens (tertiary/aromatic N) is 1. The van der Waals surface area contributed by atoms with Crippen molar-refractivity contribution in [3.8, 4) is 5.75 Å². The molecule has 0 spiro atoms. The smallest absolute Gasteiger partial charge is 0.252 e. The third-order valence-electron chi connectivity index (χ3n) is 8.39. The monoisotopic (exact) mass is 726 g/mol. The molecule has 1 aliphatic heterocycles. The van der Waals surface area contributed by atoms with Crippen molar-refractivity contribution in [3.05, 3.63) is 142 Å². The molecule has 246 valence electrons. The SMILES string of the molecule is O=C(NCc1cccc2ccccc12)[C@]1(CCS(=O)(=O)c2ccccc2)N=C(c2ccc(OCCCO)cc2)O[C@@H]1c1ccccc1Br. The summed E-state index contributed by atoms with van der Waals surface area (Å²) in [6, 6.07) is 36.6. The van der Waals surface area contributed by atoms with Gasteiger partial charge in [-0.2, -0.15) is 0 Å². The highest BCUT2D eigenvalue weighted by Crippen LogP contribution is 2.45. The summed E-state index contributed by atoms with van der Waals surface area (Å²) >= 11 is 3.64. The lowest BCUT2D eigenvalue weighted by Gasteiger charge is -2.31. The van der Waals surface area contributed by atoms with E-state index in [1.165, 1.54) is 0 Å². The average molecular weight is 728 g/mol. The second-order valence-electron chi connectivity index (χ2n) is 11.5. The normalized spacial score (nSPS) is 17.5. The Morgan fingerprint density at radius 2 is 1.60 bits per heavy atom. The molecule has 6 rings (SSSR count). The second-order valence-corrected chi connectivity index (χ2v) is 14.5. The number of aliphatic hydroxyl groups is 1. The number of amides is 1. The van der Waals surface area contributed by atoms with Crippen LogP contribution in [-0.4, -0.2) is 49.8 Å². The molecule has 1 heterocycles. The van der Waals surface area contributed by atoms with Gasteiger partial charge in [0.2, 0.25) is 5.90 Å². The fraction of sp³-hybridized carbons (Fsp3) is 0.211. The molecule has 2 atom stereocenters. The van der Waals surface area contributed by atoms with Crippen LogP contribution in [0.5, 0.6) is 5.75 Å². The standard InChI is InChI=1S/C38H35BrN2O6S/c39-34-17-7-6-16-33(34)35-38(22-25-48(44,45)31-13-2-1-3-14-31,37(43)40-26-29-12-8-11-27-10-4-5-15-32(27)29)41-36(47-35)28-18-20-30(21-19-28)46-24-9-23-42/h1-8,10-21,35,42H,9,22-26H2,(H,40,43)/t35-,38-/m1/s1. The zero-order valence-corrected chi connectivity index (χ0v) is 28.5. The van der Waals surface area contributed by atoms with Crippen molar-refractivity contribution >= 4 is 48.3 Å². The lowest BCUT2D eigenvalue weighted by Crippen LogP contribution is -2.49. The number of aliphatic imine (C=N–C) groups is 1. The van der Waals surface area contributed by atoms with Gasteiger partial charge in [-0.15, -0.1) is 0 Å². The number of halogens is 1. The third-order valence-corrected chi connectivity index (χ3v) is 10.8. The van der Waals surface area contributed by atoms with Crippen molar-refractivity contribution in [1.82, 2.24) is 5.32 Å². The van der Waals surface area contributed by atoms with E-state index in [1.54, 1.807) is 54.6 Å². The van der Waals surface area contributed by atoms with E-state index in [2.05, 4.69) is 21.2 Å². The Hall–Kier alpha value is -4.51. The van der Waals surface area contributed by atoms with Gasteiger partial charge in [-0.05, 0) is 58.8 Å². The number of ether oxygens (including phenoxy) is 2. The van der Waals surface area contributed by atoms with E-state index >= 15 is 0 Å². The molecule has 10 heteroatoms. The molecule has 8 nitrogen and oxygen atoms in total. The summed E-state index contributed by atoms with van der Waals surface area (Å²) in [5, 5.41) is 14.2. The fourth-order valence-corrected chi connectivity index (χ4v) is 7.73. The van der Waals surface area contributed by atoms with Crippen LogP contribution in [0.15, 0.2) is 136 Å². The predicted molar refractivity (Wildman–Crippen MR) is 190 cm³/mol. The molecule has 0 aromatic heterocycles. The first-order chi connectivity index (χ1) is 23.3. The zero-order valence-electron chi connectivity index (χ0n) is 26.1. The van der Waals surface area contributed by atoms with Crippen molar-refractivity contribution in [3.63, 3.8) is 0 Å². The van der Waals surface area contributed by atoms with Gasteiger partial charge in [0, 0.05) is 41.6 Å². The minimum absolute atomic E-state index is 0.0315. The highest BCUT2D eigenvalue weighted by molar-refractivity contribution is 9.10. The number of carbonyl (C=O) groups excluding carboxylic acids is 1. The Bertz CT molecular complexity index is 2030. The number of rotatable bonds is 13. The topological polar surface area (TPSA) is 114 Å². The van der Waals surface area contributed by atoms with Crippen molar-refractivity contribution in [2.75, 3.05) is 19.0 Å². The van der Waals surface area contributed by atoms with Crippen molar-refractivity contribution in [1.29, 1.82) is 0 Å². The first-order valence-electron chi connectivity index (χ1n) is 15.7. The van der Waals surface area contributed by atoms with E-state index in [0.29, 0.717) is 34.4 Å². The summed E-state index contributed by atoms with van der Waals surface area (Å²) in [5.41, 5.74) is 0.557. The first kappa shape index (κ1) is 33.4. The summed E-state index contributed by atoms with van der Waals surface area (Å²) in [4.78, 5) is 19.8. The maximum absolute atomic E-state index is 14.7. The van der Waals surface area contributed by atoms with Gasteiger partial charge in [0.15, 0.2) is 21.5 Å². The maximum Gasteiger partial charge on any atom is 0.252 e. The van der Waals surface area contributed by atoms with Gasteiger partial charge in [-0.25, -0.2) is 13.4 Å². The molecule has 5 aromatic carbocycles. The van der Waals surface area contributed by atoms with Gasteiger partial charge in [0.1, 0.15) is 5.75 Å². The fourth-order valence-electron chi connectivity index (χ4n) is 5.85. The van der Waals surface area contributed by atoms with E-state index in [1.807, 2.05) is 66.7 Å². The molecule has 5 aromatic rings. The van der Waals surface area contributed by atoms with Crippen LogP contribution in [0.2, 0.25) is 0 Å². The number of hydrogen-bond donors (Lipinski definition) is 2. The molecule has 48 heavy (non-hydrogen) atoms. The lowest BCUT2D eigenvalue weighted by molar-refractivity contribution is -0.129. The number of hydrogen-bond acceptors (Lipinski definition) is 7. The summed E-state index contributed by atoms with van der Waals surface area (Å²) in [6.07, 6.45) is -0.571. The third kappa shape index (κ3) is 7.16. The minimum atomic E-state index is -3.78. The van der Waals surface area contributed by atoms with Gasteiger partial charge in [-0.3, -0.25) is 4.79 Å². The van der Waals surface area contributed by atoms with Crippen LogP contribution in [0, 0.1) is 0 Å². The van der Waals surface area contributed by atoms with Crippen LogP contribution in [0.25, 0.3) is 10.8 Å². The summed E-state index contributed by atoms with van der Waals surface area (Å²) in [5.74, 6) is 0.0481. The number of benzene rings is 5. The molecule has 0 saturated heterocycles. The van der Waals surface area contributed by atoms with Gasteiger partial charge in [-0.1, -0.05) is 94.8 Å². The molecule has 0 saturated carbocycles. The van der Waals surface area contributed by atoms with Crippen LogP contribution in [0.1, 0.15) is 35.6 Å². The molecule has 1 aliphatic rings. The minimum Gasteiger partial charge on any atom is -0.494 e. The molecule has 0 unspecified atom stereocenters. The van der Waals surface area contributed by atoms with Crippen LogP contribution >= 0.6 is 15.9 Å². The number of sulfone groups is 1. The largest absolute Gasteiger partial charge is 0.494 e. The molecular formula is C38H35BrN2O6S. The number of nitrogens with one attached hydrogen (secondary N) is 1. The van der Waals surface area contributed by atoms with E-state index in [-0.39, 0.29) is 36.1 Å². The Kier molecular flexibility index (Phi) is 10.2. The zero-order chi connectivity index (χ0) is 33.6. The lowest BCUT2D eigenvalue weighted by atomic mass is 9.85. The molecule has 0 fully saturated rings. The van der Waals surface area contributed by atoms with Gasteiger partial charge >= 0.3 is 0 Å². The van der Waals surface area contributed by atoms with Gasteiger partial charge in [0.05, 0.1) is 17.3 Å². The van der Waals surface area contributed by atoms with Crippen LogP contribution in [-0.2, 0) is 25.9 Å². The highest BCUT2D eigenvalue weighted by Gasteiger charge is 2.54. The van der Waals surface area contributed by atoms with E-state index in [9.17, 15) is 13.2 Å². The van der Waals surface area contributed by atoms with Crippen LogP contribution < -0.4 is 10.1 Å². The maximum atomic E-state index is 14.7. The number of carbonyl (C=O) groups is 1. The predicted octanol–water partition coefficient (Wildman–Crippen LogP) is 6.80. The number of fused-ring (bicyclic) bond motifs is 1. The summed E-state index contributed by atoms with van der Waals surface area (Å²) < 4.78 is 40.2. The highest BCUT2D eigenvalue weighted by atomic mass is 79.9. The molecule has 2 N–H and O–H groups in total. The van der Waals surface area contributed by atoms with E-state index < -0.39 is 27.4 Å². The van der Waals surface area contributed by atoms with Crippen molar-refractivity contribution in [2.24, 2.45) is 4.99 Å². The summed E-state index contributed by atoms with van der Waals surface area (Å²) in [7, 11) is -3.78. The molecular weight excluding hydrogens is 692 g/mol. The quantitative estimate of drug-likeness (QED) is 0.129.